The van der Waals surface area contributed by atoms with Gasteiger partial charge in [-0.3, -0.25) is 38.4 Å². The summed E-state index contributed by atoms with van der Waals surface area (Å²) in [5.41, 5.74) is 13.5. The van der Waals surface area contributed by atoms with Gasteiger partial charge in [-0.05, 0) is 86.1 Å². The number of para-hydroxylation sites is 1. The van der Waals surface area contributed by atoms with Crippen LogP contribution in [0.15, 0.2) is 42.6 Å². The molecule has 0 spiro atoms. The fourth-order valence-corrected chi connectivity index (χ4v) is 7.82. The zero-order valence-electron chi connectivity index (χ0n) is 40.9. The first-order valence-corrected chi connectivity index (χ1v) is 23.8. The Labute approximate surface area is 404 Å². The minimum atomic E-state index is -1.47. The van der Waals surface area contributed by atoms with Crippen LogP contribution in [0, 0.1) is 0 Å². The standard InChI is InChI=1S/C50H74N8O11/c1-49(2,3)33-26-30(27-34(43(33)64)50(4,5)6)45(66)53-25-15-9-7-8-10-19-40(59)55-37(20-22-41(60)61)46(67)58-39(28-31-29-54-35-17-12-11-16-32(31)35)48(69)57-38(21-23-42(62)63)47(68)56-36(44(52)65)18-13-14-24-51/h11-12,16-17,26-27,29,36-39,54,64H,7-10,13-15,18-25,28,51H2,1-6H3,(H2,52,65)(H,53,66)(H,55,59)(H,56,68)(H,57,69)(H,58,67)(H,60,61)(H,62,63)/t36-,37-,38-,39-/m0/s1. The lowest BCUT2D eigenvalue weighted by molar-refractivity contribution is -0.138. The van der Waals surface area contributed by atoms with Gasteiger partial charge in [-0.1, -0.05) is 79.0 Å². The van der Waals surface area contributed by atoms with Crippen LogP contribution in [0.5, 0.6) is 5.75 Å². The second-order valence-electron chi connectivity index (χ2n) is 19.6. The minimum absolute atomic E-state index is 0.0266. The highest BCUT2D eigenvalue weighted by Crippen LogP contribution is 2.39. The molecule has 3 rings (SSSR count). The molecule has 0 radical (unpaired) electrons. The number of H-pyrrole nitrogens is 1. The minimum Gasteiger partial charge on any atom is -0.507 e. The number of nitrogens with one attached hydrogen (secondary N) is 6. The van der Waals surface area contributed by atoms with Gasteiger partial charge in [0.05, 0.1) is 0 Å². The summed E-state index contributed by atoms with van der Waals surface area (Å²) in [4.78, 5) is 107. The van der Waals surface area contributed by atoms with Crippen LogP contribution in [0.2, 0.25) is 0 Å². The van der Waals surface area contributed by atoms with Crippen LogP contribution in [0.1, 0.15) is 152 Å². The lowest BCUT2D eigenvalue weighted by Crippen LogP contribution is -2.58. The largest absolute Gasteiger partial charge is 0.507 e. The second kappa shape index (κ2) is 26.9. The van der Waals surface area contributed by atoms with Crippen molar-refractivity contribution in [2.24, 2.45) is 11.5 Å². The molecule has 13 N–H and O–H groups in total. The Hall–Kier alpha value is -6.50. The van der Waals surface area contributed by atoms with Gasteiger partial charge in [-0.25, -0.2) is 0 Å². The number of carboxylic acid groups (broad SMARTS) is 2. The average molecular weight is 963 g/mol. The number of phenolic OH excluding ortho intramolecular Hbond substituents is 1. The van der Waals surface area contributed by atoms with Gasteiger partial charge in [0.25, 0.3) is 5.91 Å². The third-order valence-electron chi connectivity index (χ3n) is 11.8. The molecule has 3 aromatic rings. The number of primary amides is 1. The van der Waals surface area contributed by atoms with Crippen molar-refractivity contribution in [2.75, 3.05) is 13.1 Å². The van der Waals surface area contributed by atoms with Gasteiger partial charge in [-0.15, -0.1) is 0 Å². The third kappa shape index (κ3) is 18.8. The van der Waals surface area contributed by atoms with E-state index in [4.69, 9.17) is 11.5 Å². The Morgan fingerprint density at radius 2 is 1.16 bits per heavy atom. The Morgan fingerprint density at radius 1 is 0.638 bits per heavy atom. The van der Waals surface area contributed by atoms with Crippen molar-refractivity contribution in [2.45, 2.75) is 166 Å². The van der Waals surface area contributed by atoms with E-state index in [2.05, 4.69) is 31.6 Å². The predicted octanol–water partition coefficient (Wildman–Crippen LogP) is 4.06. The van der Waals surface area contributed by atoms with Crippen LogP contribution in [-0.2, 0) is 50.8 Å². The summed E-state index contributed by atoms with van der Waals surface area (Å²) in [6, 6.07) is 5.30. The number of fused-ring (bicyclic) bond motifs is 1. The van der Waals surface area contributed by atoms with Crippen molar-refractivity contribution in [3.8, 4) is 5.75 Å². The molecular weight excluding hydrogens is 889 g/mol. The summed E-state index contributed by atoms with van der Waals surface area (Å²) in [7, 11) is 0. The molecule has 380 valence electrons. The summed E-state index contributed by atoms with van der Waals surface area (Å²) < 4.78 is 0. The summed E-state index contributed by atoms with van der Waals surface area (Å²) >= 11 is 0. The van der Waals surface area contributed by atoms with Gasteiger partial charge >= 0.3 is 11.9 Å². The van der Waals surface area contributed by atoms with Crippen LogP contribution in [0.3, 0.4) is 0 Å². The highest BCUT2D eigenvalue weighted by atomic mass is 16.4. The number of hydrogen-bond acceptors (Lipinski definition) is 10. The van der Waals surface area contributed by atoms with Gasteiger partial charge in [0.15, 0.2) is 0 Å². The first kappa shape index (κ1) is 56.8. The number of phenols is 1. The first-order chi connectivity index (χ1) is 32.4. The molecule has 6 amide bonds. The molecular formula is C50H74N8O11. The van der Waals surface area contributed by atoms with Crippen molar-refractivity contribution in [3.05, 3.63) is 64.8 Å². The number of nitrogens with two attached hydrogens (primary N) is 2. The van der Waals surface area contributed by atoms with Crippen LogP contribution in [0.4, 0.5) is 0 Å². The van der Waals surface area contributed by atoms with E-state index in [1.807, 2.05) is 47.6 Å². The SMILES string of the molecule is CC(C)(C)c1cc(C(=O)NCCCCCCCC(=O)N[C@@H](CCC(=O)O)C(=O)N[C@@H](Cc2c[nH]c3ccccc23)C(=O)N[C@@H](CCC(=O)O)C(=O)N[C@@H](CCCCN)C(N)=O)cc(C(C)(C)C)c1O. The maximum Gasteiger partial charge on any atom is 0.303 e. The fourth-order valence-electron chi connectivity index (χ4n) is 7.82. The van der Waals surface area contributed by atoms with Crippen molar-refractivity contribution in [3.63, 3.8) is 0 Å². The number of rotatable bonds is 29. The quantitative estimate of drug-likeness (QED) is 0.0439. The number of carbonyl (C=O) groups is 8. The maximum atomic E-state index is 14.1. The molecule has 0 aliphatic carbocycles. The lowest BCUT2D eigenvalue weighted by Gasteiger charge is -2.28. The van der Waals surface area contributed by atoms with E-state index >= 15 is 0 Å². The molecule has 19 nitrogen and oxygen atoms in total. The van der Waals surface area contributed by atoms with E-state index in [0.29, 0.717) is 67.4 Å². The van der Waals surface area contributed by atoms with E-state index in [-0.39, 0.29) is 54.6 Å². The van der Waals surface area contributed by atoms with E-state index < -0.39 is 78.5 Å². The van der Waals surface area contributed by atoms with Crippen molar-refractivity contribution < 1.29 is 53.7 Å². The molecule has 2 aromatic carbocycles. The number of hydrogen-bond donors (Lipinski definition) is 11. The molecule has 69 heavy (non-hydrogen) atoms. The molecule has 1 aromatic heterocycles. The Morgan fingerprint density at radius 3 is 1.72 bits per heavy atom. The van der Waals surface area contributed by atoms with Gasteiger partial charge < -0.3 is 58.4 Å². The summed E-state index contributed by atoms with van der Waals surface area (Å²) in [5.74, 6) is -6.47. The topological polar surface area (TPSA) is 325 Å². The maximum absolute atomic E-state index is 14.1. The summed E-state index contributed by atoms with van der Waals surface area (Å²) in [5, 5.41) is 44.0. The zero-order valence-corrected chi connectivity index (χ0v) is 40.9. The van der Waals surface area contributed by atoms with E-state index in [0.717, 1.165) is 23.7 Å². The van der Waals surface area contributed by atoms with Crippen LogP contribution in [0.25, 0.3) is 10.9 Å². The molecule has 0 aliphatic rings. The molecule has 0 unspecified atom stereocenters. The van der Waals surface area contributed by atoms with Crippen molar-refractivity contribution >= 4 is 58.3 Å². The molecule has 0 saturated carbocycles. The summed E-state index contributed by atoms with van der Waals surface area (Å²) in [6.45, 7) is 12.7. The van der Waals surface area contributed by atoms with E-state index in [1.54, 1.807) is 36.5 Å². The monoisotopic (exact) mass is 963 g/mol. The molecule has 0 aliphatic heterocycles. The van der Waals surface area contributed by atoms with Gasteiger partial charge in [-0.2, -0.15) is 0 Å². The summed E-state index contributed by atoms with van der Waals surface area (Å²) in [6.07, 6.45) is 4.33. The number of aromatic nitrogens is 1. The number of benzene rings is 2. The van der Waals surface area contributed by atoms with Gasteiger partial charge in [0.2, 0.25) is 29.5 Å². The van der Waals surface area contributed by atoms with Gasteiger partial charge in [0, 0.05) is 66.0 Å². The number of amides is 6. The molecule has 1 heterocycles. The number of carboxylic acids is 2. The lowest BCUT2D eigenvalue weighted by atomic mass is 9.78. The Kier molecular flexibility index (Phi) is 22.1. The Balaban J connectivity index is 1.67. The molecule has 0 fully saturated rings. The number of carbonyl (C=O) groups excluding carboxylic acids is 6. The number of aromatic hydroxyl groups is 1. The third-order valence-corrected chi connectivity index (χ3v) is 11.8. The second-order valence-corrected chi connectivity index (χ2v) is 19.6. The predicted molar refractivity (Wildman–Crippen MR) is 261 cm³/mol. The van der Waals surface area contributed by atoms with Crippen LogP contribution in [-0.4, -0.2) is 105 Å². The molecule has 0 saturated heterocycles. The average Bonchev–Trinajstić information content (AvgIpc) is 3.68. The smallest absolute Gasteiger partial charge is 0.303 e. The van der Waals surface area contributed by atoms with Crippen molar-refractivity contribution in [1.82, 2.24) is 31.6 Å². The Bertz CT molecular complexity index is 2230. The van der Waals surface area contributed by atoms with Gasteiger partial charge in [0.1, 0.15) is 29.9 Å². The van der Waals surface area contributed by atoms with E-state index in [1.165, 1.54) is 0 Å². The highest BCUT2D eigenvalue weighted by molar-refractivity contribution is 5.97. The van der Waals surface area contributed by atoms with E-state index in [9.17, 15) is 53.7 Å². The highest BCUT2D eigenvalue weighted by Gasteiger charge is 2.33. The van der Waals surface area contributed by atoms with Crippen LogP contribution >= 0.6 is 0 Å². The number of unbranched alkanes of at least 4 members (excludes halogenated alkanes) is 5. The van der Waals surface area contributed by atoms with Crippen LogP contribution < -0.4 is 38.1 Å². The normalized spacial score (nSPS) is 13.4. The number of aliphatic carboxylic acids is 2. The zero-order chi connectivity index (χ0) is 51.5. The molecule has 19 heteroatoms. The number of aromatic amines is 1. The van der Waals surface area contributed by atoms with Crippen molar-refractivity contribution in [1.29, 1.82) is 0 Å². The molecule has 4 atom stereocenters. The fraction of sp³-hybridized carbons (Fsp3) is 0.560. The molecule has 0 bridgehead atoms. The first-order valence-electron chi connectivity index (χ1n) is 23.8.